The number of benzene rings is 2. The Morgan fingerprint density at radius 2 is 1.95 bits per heavy atom. The number of hydrogen-bond acceptors (Lipinski definition) is 2. The van der Waals surface area contributed by atoms with Crippen molar-refractivity contribution >= 4 is 28.8 Å². The molecule has 0 bridgehead atoms. The summed E-state index contributed by atoms with van der Waals surface area (Å²) in [6.07, 6.45) is 1.17. The van der Waals surface area contributed by atoms with E-state index in [0.29, 0.717) is 11.4 Å². The van der Waals surface area contributed by atoms with Crippen LogP contribution in [0.4, 0.5) is 5.69 Å². The quantitative estimate of drug-likeness (QED) is 0.833. The number of nitrogens with one attached hydrogen (secondary N) is 1. The largest absolute Gasteiger partial charge is 0.389 e. The minimum atomic E-state index is -0.0170. The number of rotatable bonds is 5. The third-order valence-electron chi connectivity index (χ3n) is 3.15. The van der Waals surface area contributed by atoms with E-state index in [-0.39, 0.29) is 5.91 Å². The number of nitrogens with two attached hydrogens (primary N) is 1. The first-order valence-corrected chi connectivity index (χ1v) is 7.21. The monoisotopic (exact) mass is 298 g/mol. The smallest absolute Gasteiger partial charge is 0.224 e. The first kappa shape index (κ1) is 15.2. The van der Waals surface area contributed by atoms with Crippen molar-refractivity contribution in [2.75, 3.05) is 5.32 Å². The van der Waals surface area contributed by atoms with Crippen molar-refractivity contribution in [2.24, 2.45) is 5.73 Å². The van der Waals surface area contributed by atoms with Gasteiger partial charge in [-0.25, -0.2) is 0 Å². The fourth-order valence-corrected chi connectivity index (χ4v) is 2.23. The molecule has 0 aliphatic carbocycles. The van der Waals surface area contributed by atoms with Crippen LogP contribution in [0.5, 0.6) is 0 Å². The standard InChI is InChI=1S/C17H18N2OS/c1-12-4-2-5-13(10-12)8-9-16(20)19-15-7-3-6-14(11-15)17(18)21/h2-7,10-11H,8-9H2,1H3,(H2,18,21)(H,19,20). The normalized spacial score (nSPS) is 10.1. The number of anilines is 1. The van der Waals surface area contributed by atoms with Gasteiger partial charge < -0.3 is 11.1 Å². The van der Waals surface area contributed by atoms with Crippen LogP contribution in [0.1, 0.15) is 23.1 Å². The predicted octanol–water partition coefficient (Wildman–Crippen LogP) is 3.20. The lowest BCUT2D eigenvalue weighted by molar-refractivity contribution is -0.116. The predicted molar refractivity (Wildman–Crippen MR) is 90.5 cm³/mol. The van der Waals surface area contributed by atoms with E-state index in [0.717, 1.165) is 17.7 Å². The molecule has 0 spiro atoms. The van der Waals surface area contributed by atoms with E-state index in [1.54, 1.807) is 6.07 Å². The van der Waals surface area contributed by atoms with Gasteiger partial charge in [0, 0.05) is 17.7 Å². The second kappa shape index (κ2) is 6.99. The molecule has 2 aromatic carbocycles. The molecular formula is C17H18N2OS. The lowest BCUT2D eigenvalue weighted by Gasteiger charge is -2.07. The second-order valence-electron chi connectivity index (χ2n) is 4.98. The Morgan fingerprint density at radius 3 is 2.67 bits per heavy atom. The first-order chi connectivity index (χ1) is 10.0. The lowest BCUT2D eigenvalue weighted by atomic mass is 10.1. The van der Waals surface area contributed by atoms with Crippen LogP contribution in [0.25, 0.3) is 0 Å². The Balaban J connectivity index is 1.93. The van der Waals surface area contributed by atoms with Crippen molar-refractivity contribution in [1.29, 1.82) is 0 Å². The van der Waals surface area contributed by atoms with Gasteiger partial charge in [0.1, 0.15) is 4.99 Å². The van der Waals surface area contributed by atoms with Crippen LogP contribution in [0.2, 0.25) is 0 Å². The van der Waals surface area contributed by atoms with Crippen LogP contribution in [0, 0.1) is 6.92 Å². The van der Waals surface area contributed by atoms with Crippen LogP contribution < -0.4 is 11.1 Å². The molecule has 3 nitrogen and oxygen atoms in total. The van der Waals surface area contributed by atoms with Gasteiger partial charge in [0.15, 0.2) is 0 Å². The molecule has 0 unspecified atom stereocenters. The highest BCUT2D eigenvalue weighted by Crippen LogP contribution is 2.12. The molecule has 0 radical (unpaired) electrons. The molecule has 0 fully saturated rings. The first-order valence-electron chi connectivity index (χ1n) is 6.80. The Morgan fingerprint density at radius 1 is 1.19 bits per heavy atom. The van der Waals surface area contributed by atoms with Crippen molar-refractivity contribution in [3.05, 3.63) is 65.2 Å². The van der Waals surface area contributed by atoms with E-state index in [9.17, 15) is 4.79 Å². The van der Waals surface area contributed by atoms with Gasteiger partial charge in [-0.05, 0) is 31.0 Å². The number of carbonyl (C=O) groups excluding carboxylic acids is 1. The molecule has 2 aromatic rings. The van der Waals surface area contributed by atoms with Gasteiger partial charge in [-0.1, -0.05) is 54.2 Å². The summed E-state index contributed by atoms with van der Waals surface area (Å²) in [6.45, 7) is 2.05. The SMILES string of the molecule is Cc1cccc(CCC(=O)Nc2cccc(C(N)=S)c2)c1. The van der Waals surface area contributed by atoms with Gasteiger partial charge in [0.05, 0.1) is 0 Å². The van der Waals surface area contributed by atoms with Crippen LogP contribution in [-0.2, 0) is 11.2 Å². The number of hydrogen-bond donors (Lipinski definition) is 2. The van der Waals surface area contributed by atoms with Crippen molar-refractivity contribution in [2.45, 2.75) is 19.8 Å². The molecule has 0 aliphatic rings. The number of amides is 1. The van der Waals surface area contributed by atoms with E-state index in [2.05, 4.69) is 11.4 Å². The maximum absolute atomic E-state index is 12.0. The Hall–Kier alpha value is -2.20. The zero-order valence-electron chi connectivity index (χ0n) is 11.9. The Bertz CT molecular complexity index is 667. The average molecular weight is 298 g/mol. The van der Waals surface area contributed by atoms with Crippen LogP contribution >= 0.6 is 12.2 Å². The summed E-state index contributed by atoms with van der Waals surface area (Å²) in [5, 5.41) is 2.87. The summed E-state index contributed by atoms with van der Waals surface area (Å²) in [5.74, 6) is -0.0170. The summed E-state index contributed by atoms with van der Waals surface area (Å²) in [7, 11) is 0. The molecule has 1 amide bonds. The highest BCUT2D eigenvalue weighted by molar-refractivity contribution is 7.80. The maximum Gasteiger partial charge on any atom is 0.224 e. The molecule has 3 N–H and O–H groups in total. The molecule has 0 saturated heterocycles. The molecule has 21 heavy (non-hydrogen) atoms. The fraction of sp³-hybridized carbons (Fsp3) is 0.176. The summed E-state index contributed by atoms with van der Waals surface area (Å²) in [6, 6.07) is 15.4. The molecule has 0 heterocycles. The van der Waals surface area contributed by atoms with Gasteiger partial charge in [-0.15, -0.1) is 0 Å². The second-order valence-corrected chi connectivity index (χ2v) is 5.42. The van der Waals surface area contributed by atoms with Gasteiger partial charge in [-0.2, -0.15) is 0 Å². The summed E-state index contributed by atoms with van der Waals surface area (Å²) in [4.78, 5) is 12.3. The van der Waals surface area contributed by atoms with Crippen molar-refractivity contribution in [3.63, 3.8) is 0 Å². The van der Waals surface area contributed by atoms with Crippen LogP contribution in [0.15, 0.2) is 48.5 Å². The van der Waals surface area contributed by atoms with E-state index in [1.165, 1.54) is 11.1 Å². The third kappa shape index (κ3) is 4.68. The molecule has 0 aromatic heterocycles. The summed E-state index contributed by atoms with van der Waals surface area (Å²) < 4.78 is 0. The Kier molecular flexibility index (Phi) is 5.06. The van der Waals surface area contributed by atoms with Crippen molar-refractivity contribution in [3.8, 4) is 0 Å². The van der Waals surface area contributed by atoms with Crippen molar-refractivity contribution in [1.82, 2.24) is 0 Å². The minimum absolute atomic E-state index is 0.0170. The highest BCUT2D eigenvalue weighted by Gasteiger charge is 2.05. The minimum Gasteiger partial charge on any atom is -0.389 e. The summed E-state index contributed by atoms with van der Waals surface area (Å²) in [5.41, 5.74) is 9.42. The van der Waals surface area contributed by atoms with Gasteiger partial charge in [0.25, 0.3) is 0 Å². The highest BCUT2D eigenvalue weighted by atomic mass is 32.1. The molecule has 0 aliphatic heterocycles. The lowest BCUT2D eigenvalue weighted by Crippen LogP contribution is -2.14. The number of thiocarbonyl (C=S) groups is 1. The van der Waals surface area contributed by atoms with E-state index < -0.39 is 0 Å². The zero-order valence-corrected chi connectivity index (χ0v) is 12.7. The molecule has 108 valence electrons. The van der Waals surface area contributed by atoms with Crippen LogP contribution in [-0.4, -0.2) is 10.9 Å². The van der Waals surface area contributed by atoms with Crippen LogP contribution in [0.3, 0.4) is 0 Å². The van der Waals surface area contributed by atoms with Gasteiger partial charge in [-0.3, -0.25) is 4.79 Å². The molecular weight excluding hydrogens is 280 g/mol. The number of aryl methyl sites for hydroxylation is 2. The van der Waals surface area contributed by atoms with Gasteiger partial charge >= 0.3 is 0 Å². The van der Waals surface area contributed by atoms with Crippen molar-refractivity contribution < 1.29 is 4.79 Å². The average Bonchev–Trinajstić information content (AvgIpc) is 2.45. The molecule has 2 rings (SSSR count). The molecule has 0 atom stereocenters. The van der Waals surface area contributed by atoms with E-state index in [4.69, 9.17) is 18.0 Å². The Labute approximate surface area is 130 Å². The van der Waals surface area contributed by atoms with Gasteiger partial charge in [0.2, 0.25) is 5.91 Å². The fourth-order valence-electron chi connectivity index (χ4n) is 2.10. The summed E-state index contributed by atoms with van der Waals surface area (Å²) >= 11 is 4.93. The molecule has 4 heteroatoms. The third-order valence-corrected chi connectivity index (χ3v) is 3.39. The van der Waals surface area contributed by atoms with E-state index in [1.807, 2.05) is 43.3 Å². The molecule has 0 saturated carbocycles. The number of carbonyl (C=O) groups is 1. The maximum atomic E-state index is 12.0. The topological polar surface area (TPSA) is 55.1 Å². The van der Waals surface area contributed by atoms with E-state index >= 15 is 0 Å². The zero-order chi connectivity index (χ0) is 15.2.